The van der Waals surface area contributed by atoms with Crippen LogP contribution < -0.4 is 0 Å². The summed E-state index contributed by atoms with van der Waals surface area (Å²) < 4.78 is 5.31. The molecule has 0 aliphatic heterocycles. The van der Waals surface area contributed by atoms with Crippen LogP contribution in [-0.2, 0) is 14.3 Å². The monoisotopic (exact) mass is 332 g/mol. The fraction of sp³-hybridized carbons (Fsp3) is 0.889. The predicted octanol–water partition coefficient (Wildman–Crippen LogP) is 4.88. The molecule has 0 saturated heterocycles. The van der Waals surface area contributed by atoms with Gasteiger partial charge in [-0.25, -0.2) is 0 Å². The first kappa shape index (κ1) is 24.2. The van der Waals surface area contributed by atoms with E-state index in [2.05, 4.69) is 13.8 Å². The maximum absolute atomic E-state index is 10.1. The third-order valence-electron chi connectivity index (χ3n) is 3.32. The van der Waals surface area contributed by atoms with E-state index in [-0.39, 0.29) is 12.8 Å². The summed E-state index contributed by atoms with van der Waals surface area (Å²) in [6.07, 6.45) is 10.7. The molecule has 0 rings (SSSR count). The third-order valence-corrected chi connectivity index (χ3v) is 3.32. The summed E-state index contributed by atoms with van der Waals surface area (Å²) in [5, 5.41) is 16.7. The van der Waals surface area contributed by atoms with Crippen molar-refractivity contribution in [3.63, 3.8) is 0 Å². The van der Waals surface area contributed by atoms with E-state index in [1.807, 2.05) is 0 Å². The average molecular weight is 332 g/mol. The van der Waals surface area contributed by atoms with Gasteiger partial charge in [0.05, 0.1) is 0 Å². The highest BCUT2D eigenvalue weighted by atomic mass is 16.5. The highest BCUT2D eigenvalue weighted by Gasteiger charge is 1.98. The normalized spacial score (nSPS) is 10.0. The van der Waals surface area contributed by atoms with Crippen molar-refractivity contribution >= 4 is 11.9 Å². The first-order valence-electron chi connectivity index (χ1n) is 9.05. The van der Waals surface area contributed by atoms with Crippen LogP contribution in [0.15, 0.2) is 0 Å². The molecule has 138 valence electrons. The minimum atomic E-state index is -0.740. The molecule has 0 atom stereocenters. The predicted molar refractivity (Wildman–Crippen MR) is 92.8 cm³/mol. The van der Waals surface area contributed by atoms with E-state index in [0.717, 1.165) is 51.7 Å². The molecular formula is C18H36O5. The van der Waals surface area contributed by atoms with Gasteiger partial charge in [-0.1, -0.05) is 52.4 Å². The third kappa shape index (κ3) is 29.5. The Bertz CT molecular complexity index is 240. The first-order chi connectivity index (χ1) is 11.0. The lowest BCUT2D eigenvalue weighted by Crippen LogP contribution is -1.95. The Balaban J connectivity index is 0. The van der Waals surface area contributed by atoms with Crippen molar-refractivity contribution in [2.75, 3.05) is 13.2 Å². The number of ether oxygens (including phenoxy) is 1. The zero-order chi connectivity index (χ0) is 17.8. The number of carbonyl (C=O) groups is 2. The zero-order valence-electron chi connectivity index (χ0n) is 15.0. The van der Waals surface area contributed by atoms with Crippen molar-refractivity contribution < 1.29 is 24.5 Å². The van der Waals surface area contributed by atoms with Gasteiger partial charge in [0.15, 0.2) is 0 Å². The molecule has 0 radical (unpaired) electrons. The summed E-state index contributed by atoms with van der Waals surface area (Å²) in [6, 6.07) is 0. The second-order valence-electron chi connectivity index (χ2n) is 5.73. The van der Waals surface area contributed by atoms with Gasteiger partial charge in [0, 0.05) is 26.1 Å². The maximum atomic E-state index is 10.1. The minimum Gasteiger partial charge on any atom is -0.481 e. The van der Waals surface area contributed by atoms with Crippen molar-refractivity contribution in [3.05, 3.63) is 0 Å². The van der Waals surface area contributed by atoms with Gasteiger partial charge in [-0.05, 0) is 25.7 Å². The Hall–Kier alpha value is -1.10. The van der Waals surface area contributed by atoms with Gasteiger partial charge in [0.25, 0.3) is 0 Å². The molecule has 0 aromatic carbocycles. The molecule has 0 aromatic heterocycles. The maximum Gasteiger partial charge on any atom is 0.303 e. The number of carboxylic acids is 2. The van der Waals surface area contributed by atoms with E-state index in [0.29, 0.717) is 0 Å². The Morgan fingerprint density at radius 3 is 1.30 bits per heavy atom. The number of hydrogen-bond donors (Lipinski definition) is 2. The van der Waals surface area contributed by atoms with Crippen molar-refractivity contribution in [1.29, 1.82) is 0 Å². The molecular weight excluding hydrogens is 296 g/mol. The van der Waals surface area contributed by atoms with E-state index >= 15 is 0 Å². The van der Waals surface area contributed by atoms with E-state index in [1.54, 1.807) is 0 Å². The van der Waals surface area contributed by atoms with Crippen LogP contribution in [0.2, 0.25) is 0 Å². The number of aliphatic carboxylic acids is 2. The van der Waals surface area contributed by atoms with Gasteiger partial charge >= 0.3 is 11.9 Å². The fourth-order valence-corrected chi connectivity index (χ4v) is 1.85. The highest BCUT2D eigenvalue weighted by molar-refractivity contribution is 5.66. The SMILES string of the molecule is CCCCOCCCC.O=C(O)CCCCCCCCC(=O)O. The second-order valence-corrected chi connectivity index (χ2v) is 5.73. The van der Waals surface area contributed by atoms with Gasteiger partial charge in [-0.3, -0.25) is 9.59 Å². The first-order valence-corrected chi connectivity index (χ1v) is 9.05. The molecule has 0 unspecified atom stereocenters. The van der Waals surface area contributed by atoms with E-state index < -0.39 is 11.9 Å². The molecule has 5 nitrogen and oxygen atoms in total. The van der Waals surface area contributed by atoms with Gasteiger partial charge in [-0.15, -0.1) is 0 Å². The quantitative estimate of drug-likeness (QED) is 0.418. The minimum absolute atomic E-state index is 0.245. The number of rotatable bonds is 15. The van der Waals surface area contributed by atoms with Gasteiger partial charge < -0.3 is 14.9 Å². The Labute approximate surface area is 141 Å². The topological polar surface area (TPSA) is 83.8 Å². The zero-order valence-corrected chi connectivity index (χ0v) is 15.0. The Morgan fingerprint density at radius 2 is 1.00 bits per heavy atom. The Morgan fingerprint density at radius 1 is 0.652 bits per heavy atom. The van der Waals surface area contributed by atoms with Gasteiger partial charge in [-0.2, -0.15) is 0 Å². The van der Waals surface area contributed by atoms with E-state index in [9.17, 15) is 9.59 Å². The highest BCUT2D eigenvalue weighted by Crippen LogP contribution is 2.08. The Kier molecular flexibility index (Phi) is 22.0. The smallest absolute Gasteiger partial charge is 0.303 e. The molecule has 0 aromatic rings. The summed E-state index contributed by atoms with van der Waals surface area (Å²) in [7, 11) is 0. The van der Waals surface area contributed by atoms with Gasteiger partial charge in [0.2, 0.25) is 0 Å². The molecule has 0 spiro atoms. The van der Waals surface area contributed by atoms with E-state index in [4.69, 9.17) is 14.9 Å². The molecule has 0 aliphatic rings. The molecule has 0 aliphatic carbocycles. The number of hydrogen-bond acceptors (Lipinski definition) is 3. The standard InChI is InChI=1S/C10H18O4.C8H18O/c11-9(12)7-5-3-1-2-4-6-8-10(13)14;1-3-5-7-9-8-6-4-2/h1-8H2,(H,11,12)(H,13,14);3-8H2,1-2H3. The molecule has 2 N–H and O–H groups in total. The lowest BCUT2D eigenvalue weighted by atomic mass is 10.1. The van der Waals surface area contributed by atoms with Crippen molar-refractivity contribution in [1.82, 2.24) is 0 Å². The molecule has 23 heavy (non-hydrogen) atoms. The molecule has 0 saturated carbocycles. The van der Waals surface area contributed by atoms with Crippen molar-refractivity contribution in [2.24, 2.45) is 0 Å². The molecule has 0 bridgehead atoms. The fourth-order valence-electron chi connectivity index (χ4n) is 1.85. The van der Waals surface area contributed by atoms with Crippen LogP contribution in [0.4, 0.5) is 0 Å². The van der Waals surface area contributed by atoms with Crippen LogP contribution >= 0.6 is 0 Å². The summed E-state index contributed by atoms with van der Waals surface area (Å²) in [5.41, 5.74) is 0. The average Bonchev–Trinajstić information content (AvgIpc) is 2.50. The number of unbranched alkanes of at least 4 members (excludes halogenated alkanes) is 7. The van der Waals surface area contributed by atoms with Crippen LogP contribution in [0.25, 0.3) is 0 Å². The van der Waals surface area contributed by atoms with Crippen molar-refractivity contribution in [2.45, 2.75) is 90.9 Å². The second kappa shape index (κ2) is 20.9. The van der Waals surface area contributed by atoms with Gasteiger partial charge in [0.1, 0.15) is 0 Å². The number of carboxylic acid groups (broad SMARTS) is 2. The van der Waals surface area contributed by atoms with E-state index in [1.165, 1.54) is 25.7 Å². The lowest BCUT2D eigenvalue weighted by molar-refractivity contribution is -0.138. The van der Waals surface area contributed by atoms with Crippen LogP contribution in [0, 0.1) is 0 Å². The summed E-state index contributed by atoms with van der Waals surface area (Å²) in [6.45, 7) is 6.28. The summed E-state index contributed by atoms with van der Waals surface area (Å²) >= 11 is 0. The largest absolute Gasteiger partial charge is 0.481 e. The molecule has 0 fully saturated rings. The summed E-state index contributed by atoms with van der Waals surface area (Å²) in [4.78, 5) is 20.3. The van der Waals surface area contributed by atoms with Crippen molar-refractivity contribution in [3.8, 4) is 0 Å². The van der Waals surface area contributed by atoms with Crippen LogP contribution in [-0.4, -0.2) is 35.4 Å². The van der Waals surface area contributed by atoms with Crippen LogP contribution in [0.5, 0.6) is 0 Å². The van der Waals surface area contributed by atoms with Crippen LogP contribution in [0.3, 0.4) is 0 Å². The molecule has 5 heteroatoms. The summed E-state index contributed by atoms with van der Waals surface area (Å²) in [5.74, 6) is -1.48. The molecule has 0 amide bonds. The molecule has 0 heterocycles. The van der Waals surface area contributed by atoms with Crippen LogP contribution in [0.1, 0.15) is 90.9 Å². The lowest BCUT2D eigenvalue weighted by Gasteiger charge is -1.99.